The van der Waals surface area contributed by atoms with Gasteiger partial charge in [-0.15, -0.1) is 0 Å². The summed E-state index contributed by atoms with van der Waals surface area (Å²) in [5, 5.41) is 3.38. The third-order valence-electron chi connectivity index (χ3n) is 3.43. The van der Waals surface area contributed by atoms with Crippen LogP contribution in [-0.2, 0) is 11.8 Å². The molecule has 0 atom stereocenters. The molecule has 0 spiro atoms. The molecule has 0 saturated carbocycles. The van der Waals surface area contributed by atoms with E-state index in [9.17, 15) is 9.59 Å². The summed E-state index contributed by atoms with van der Waals surface area (Å²) in [7, 11) is 1.67. The number of carbonyl (C=O) groups excluding carboxylic acids is 2. The van der Waals surface area contributed by atoms with Crippen LogP contribution in [0.1, 0.15) is 24.3 Å². The number of carbonyl (C=O) groups is 2. The van der Waals surface area contributed by atoms with Crippen LogP contribution in [0.25, 0.3) is 0 Å². The number of hydrogen-bond donors (Lipinski definition) is 1. The number of nitrogens with zero attached hydrogens (tertiary/aromatic N) is 2. The maximum atomic E-state index is 12.6. The predicted octanol–water partition coefficient (Wildman–Crippen LogP) is 1.68. The van der Waals surface area contributed by atoms with Gasteiger partial charge < -0.3 is 14.8 Å². The van der Waals surface area contributed by atoms with E-state index in [1.165, 1.54) is 15.5 Å². The van der Waals surface area contributed by atoms with E-state index < -0.39 is 5.54 Å². The van der Waals surface area contributed by atoms with Gasteiger partial charge >= 0.3 is 0 Å². The number of halogens is 2. The zero-order chi connectivity index (χ0) is 14.4. The molecule has 2 rings (SSSR count). The van der Waals surface area contributed by atoms with Gasteiger partial charge in [0.1, 0.15) is 16.4 Å². The third kappa shape index (κ3) is 2.21. The fourth-order valence-electron chi connectivity index (χ4n) is 2.14. The zero-order valence-corrected chi connectivity index (χ0v) is 12.5. The van der Waals surface area contributed by atoms with E-state index in [0.29, 0.717) is 29.0 Å². The van der Waals surface area contributed by atoms with Crippen molar-refractivity contribution in [2.45, 2.75) is 19.4 Å². The number of amides is 2. The number of aromatic nitrogens is 1. The minimum atomic E-state index is -0.890. The second-order valence-electron chi connectivity index (χ2n) is 5.00. The maximum absolute atomic E-state index is 12.6. The number of nitrogens with one attached hydrogen (secondary N) is 1. The lowest BCUT2D eigenvalue weighted by atomic mass is 9.98. The number of hydrogen-bond acceptors (Lipinski definition) is 2. The van der Waals surface area contributed by atoms with Crippen molar-refractivity contribution < 1.29 is 9.59 Å². The Labute approximate surface area is 121 Å². The van der Waals surface area contributed by atoms with E-state index in [1.807, 2.05) is 0 Å². The Balaban J connectivity index is 2.38. The van der Waals surface area contributed by atoms with Crippen molar-refractivity contribution in [3.63, 3.8) is 0 Å². The summed E-state index contributed by atoms with van der Waals surface area (Å²) in [6, 6.07) is 1.52. The fraction of sp³-hybridized carbons (Fsp3) is 0.500. The van der Waals surface area contributed by atoms with E-state index in [0.717, 1.165) is 0 Å². The smallest absolute Gasteiger partial charge is 0.271 e. The van der Waals surface area contributed by atoms with Crippen LogP contribution >= 0.6 is 23.2 Å². The Kier molecular flexibility index (Phi) is 3.53. The first-order chi connectivity index (χ1) is 8.76. The highest BCUT2D eigenvalue weighted by molar-refractivity contribution is 6.41. The maximum Gasteiger partial charge on any atom is 0.271 e. The van der Waals surface area contributed by atoms with Gasteiger partial charge in [0.15, 0.2) is 0 Å². The van der Waals surface area contributed by atoms with E-state index in [4.69, 9.17) is 23.2 Å². The van der Waals surface area contributed by atoms with Crippen LogP contribution in [0.5, 0.6) is 0 Å². The lowest BCUT2D eigenvalue weighted by Crippen LogP contribution is -2.63. The Hall–Kier alpha value is -1.20. The van der Waals surface area contributed by atoms with Crippen LogP contribution in [-0.4, -0.2) is 39.9 Å². The standard InChI is InChI=1S/C12H15Cl2N3O2/c1-12(2)11(19)15-4-5-17(12)10(18)8-6-7(13)9(14)16(8)3/h6H,4-5H2,1-3H3,(H,15,19). The van der Waals surface area contributed by atoms with Crippen molar-refractivity contribution in [3.8, 4) is 0 Å². The van der Waals surface area contributed by atoms with Gasteiger partial charge in [0.2, 0.25) is 5.91 Å². The van der Waals surface area contributed by atoms with Gasteiger partial charge in [-0.05, 0) is 19.9 Å². The van der Waals surface area contributed by atoms with Crippen molar-refractivity contribution in [2.75, 3.05) is 13.1 Å². The molecule has 1 N–H and O–H groups in total. The van der Waals surface area contributed by atoms with Gasteiger partial charge in [0, 0.05) is 20.1 Å². The normalized spacial score (nSPS) is 18.4. The third-order valence-corrected chi connectivity index (χ3v) is 4.27. The summed E-state index contributed by atoms with van der Waals surface area (Å²) < 4.78 is 1.52. The van der Waals surface area contributed by atoms with Gasteiger partial charge in [0.25, 0.3) is 5.91 Å². The van der Waals surface area contributed by atoms with Crippen LogP contribution in [0.4, 0.5) is 0 Å². The van der Waals surface area contributed by atoms with Crippen LogP contribution in [0.2, 0.25) is 10.2 Å². The largest absolute Gasteiger partial charge is 0.352 e. The topological polar surface area (TPSA) is 54.3 Å². The quantitative estimate of drug-likeness (QED) is 0.858. The zero-order valence-electron chi connectivity index (χ0n) is 11.0. The molecular formula is C12H15Cl2N3O2. The van der Waals surface area contributed by atoms with Crippen molar-refractivity contribution in [1.82, 2.24) is 14.8 Å². The highest BCUT2D eigenvalue weighted by atomic mass is 35.5. The van der Waals surface area contributed by atoms with Crippen LogP contribution in [0, 0.1) is 0 Å². The predicted molar refractivity (Wildman–Crippen MR) is 73.6 cm³/mol. The SMILES string of the molecule is Cn1c(C(=O)N2CCNC(=O)C2(C)C)cc(Cl)c1Cl. The van der Waals surface area contributed by atoms with E-state index in [-0.39, 0.29) is 11.8 Å². The van der Waals surface area contributed by atoms with Gasteiger partial charge in [-0.25, -0.2) is 0 Å². The van der Waals surface area contributed by atoms with Crippen molar-refractivity contribution in [3.05, 3.63) is 21.9 Å². The summed E-state index contributed by atoms with van der Waals surface area (Å²) in [4.78, 5) is 25.9. The average molecular weight is 304 g/mol. The molecule has 1 fully saturated rings. The highest BCUT2D eigenvalue weighted by Gasteiger charge is 2.41. The molecule has 1 saturated heterocycles. The van der Waals surface area contributed by atoms with Gasteiger partial charge in [0.05, 0.1) is 5.02 Å². The Morgan fingerprint density at radius 1 is 1.42 bits per heavy atom. The molecule has 104 valence electrons. The lowest BCUT2D eigenvalue weighted by molar-refractivity contribution is -0.133. The van der Waals surface area contributed by atoms with Crippen molar-refractivity contribution in [2.24, 2.45) is 7.05 Å². The minimum Gasteiger partial charge on any atom is -0.352 e. The van der Waals surface area contributed by atoms with Crippen molar-refractivity contribution >= 4 is 35.0 Å². The number of piperazine rings is 1. The Morgan fingerprint density at radius 2 is 2.05 bits per heavy atom. The fourth-order valence-corrected chi connectivity index (χ4v) is 2.52. The molecule has 7 heteroatoms. The molecule has 1 aromatic rings. The summed E-state index contributed by atoms with van der Waals surface area (Å²) in [5.41, 5.74) is -0.517. The second kappa shape index (κ2) is 4.72. The summed E-state index contributed by atoms with van der Waals surface area (Å²) in [6.07, 6.45) is 0. The Bertz CT molecular complexity index is 551. The summed E-state index contributed by atoms with van der Waals surface area (Å²) in [5.74, 6) is -0.422. The van der Waals surface area contributed by atoms with Gasteiger partial charge in [-0.3, -0.25) is 9.59 Å². The van der Waals surface area contributed by atoms with E-state index in [1.54, 1.807) is 20.9 Å². The first-order valence-corrected chi connectivity index (χ1v) is 6.63. The highest BCUT2D eigenvalue weighted by Crippen LogP contribution is 2.28. The minimum absolute atomic E-state index is 0.168. The first-order valence-electron chi connectivity index (χ1n) is 5.87. The van der Waals surface area contributed by atoms with Crippen molar-refractivity contribution in [1.29, 1.82) is 0 Å². The second-order valence-corrected chi connectivity index (χ2v) is 5.76. The summed E-state index contributed by atoms with van der Waals surface area (Å²) in [6.45, 7) is 4.33. The molecule has 0 bridgehead atoms. The first kappa shape index (κ1) is 14.2. The molecule has 1 aliphatic heterocycles. The molecule has 0 unspecified atom stereocenters. The van der Waals surface area contributed by atoms with Gasteiger partial charge in [-0.1, -0.05) is 23.2 Å². The van der Waals surface area contributed by atoms with Crippen LogP contribution in [0.3, 0.4) is 0 Å². The molecule has 1 aromatic heterocycles. The molecule has 2 heterocycles. The van der Waals surface area contributed by atoms with E-state index in [2.05, 4.69) is 5.32 Å². The molecule has 5 nitrogen and oxygen atoms in total. The summed E-state index contributed by atoms with van der Waals surface area (Å²) >= 11 is 11.9. The lowest BCUT2D eigenvalue weighted by Gasteiger charge is -2.41. The molecule has 1 aliphatic rings. The molecule has 0 radical (unpaired) electrons. The van der Waals surface area contributed by atoms with Crippen LogP contribution < -0.4 is 5.32 Å². The Morgan fingerprint density at radius 3 is 2.58 bits per heavy atom. The molecule has 2 amide bonds. The van der Waals surface area contributed by atoms with Crippen LogP contribution in [0.15, 0.2) is 6.07 Å². The van der Waals surface area contributed by atoms with Gasteiger partial charge in [-0.2, -0.15) is 0 Å². The van der Waals surface area contributed by atoms with E-state index >= 15 is 0 Å². The molecule has 0 aromatic carbocycles. The molecular weight excluding hydrogens is 289 g/mol. The average Bonchev–Trinajstić information content (AvgIpc) is 2.60. The molecule has 0 aliphatic carbocycles. The number of rotatable bonds is 1. The monoisotopic (exact) mass is 303 g/mol. The molecule has 19 heavy (non-hydrogen) atoms.